The molecule has 1 aliphatic heterocycles. The van der Waals surface area contributed by atoms with Crippen LogP contribution >= 0.6 is 0 Å². The monoisotopic (exact) mass is 360 g/mol. The van der Waals surface area contributed by atoms with Crippen LogP contribution in [0.25, 0.3) is 0 Å². The van der Waals surface area contributed by atoms with E-state index in [1.807, 2.05) is 6.07 Å². The van der Waals surface area contributed by atoms with E-state index >= 15 is 0 Å². The van der Waals surface area contributed by atoms with Crippen molar-refractivity contribution in [2.24, 2.45) is 5.73 Å². The van der Waals surface area contributed by atoms with Gasteiger partial charge in [-0.1, -0.05) is 12.1 Å². The van der Waals surface area contributed by atoms with Crippen molar-refractivity contribution >= 4 is 11.9 Å². The van der Waals surface area contributed by atoms with E-state index in [1.165, 1.54) is 24.3 Å². The molecule has 0 aliphatic carbocycles. The van der Waals surface area contributed by atoms with Crippen molar-refractivity contribution in [1.29, 1.82) is 5.26 Å². The van der Waals surface area contributed by atoms with Crippen molar-refractivity contribution in [1.82, 2.24) is 0 Å². The minimum absolute atomic E-state index is 0.0374. The number of carbonyl (C=O) groups is 2. The van der Waals surface area contributed by atoms with Crippen molar-refractivity contribution in [3.63, 3.8) is 0 Å². The molecular formula is C18H17FN2O5. The Labute approximate surface area is 149 Å². The van der Waals surface area contributed by atoms with Gasteiger partial charge in [-0.15, -0.1) is 0 Å². The molecule has 8 heteroatoms. The Kier molecular flexibility index (Phi) is 5.96. The van der Waals surface area contributed by atoms with E-state index in [2.05, 4.69) is 0 Å². The highest BCUT2D eigenvalue weighted by molar-refractivity contribution is 6.01. The van der Waals surface area contributed by atoms with Gasteiger partial charge in [0.15, 0.2) is 0 Å². The molecule has 0 aromatic heterocycles. The standard InChI is InChI=1S/C18H17FN2O5/c1-3-24-17(22)14-13(10-5-7-11(19)8-6-10)12(9-20)16(21)26-15(14)18(23)25-4-2/h5-8,13H,3-4,21H2,1-2H3. The normalized spacial score (nSPS) is 16.6. The predicted molar refractivity (Wildman–Crippen MR) is 87.3 cm³/mol. The number of halogens is 1. The number of nitriles is 1. The molecule has 1 unspecified atom stereocenters. The lowest BCUT2D eigenvalue weighted by Crippen LogP contribution is -2.29. The van der Waals surface area contributed by atoms with Gasteiger partial charge in [-0.3, -0.25) is 0 Å². The lowest BCUT2D eigenvalue weighted by Gasteiger charge is -2.27. The summed E-state index contributed by atoms with van der Waals surface area (Å²) in [4.78, 5) is 24.8. The average Bonchev–Trinajstić information content (AvgIpc) is 2.61. The topological polar surface area (TPSA) is 112 Å². The molecule has 0 amide bonds. The van der Waals surface area contributed by atoms with Crippen LogP contribution in [-0.2, 0) is 23.8 Å². The van der Waals surface area contributed by atoms with Crippen molar-refractivity contribution in [3.05, 3.63) is 58.4 Å². The molecular weight excluding hydrogens is 343 g/mol. The minimum atomic E-state index is -1.05. The molecule has 0 fully saturated rings. The van der Waals surface area contributed by atoms with Gasteiger partial charge < -0.3 is 19.9 Å². The Hall–Kier alpha value is -3.34. The third kappa shape index (κ3) is 3.67. The number of carbonyl (C=O) groups excluding carboxylic acids is 2. The maximum atomic E-state index is 13.3. The van der Waals surface area contributed by atoms with Crippen LogP contribution in [0.1, 0.15) is 25.3 Å². The first kappa shape index (κ1) is 19.0. The summed E-state index contributed by atoms with van der Waals surface area (Å²) in [6.45, 7) is 3.25. The van der Waals surface area contributed by atoms with Gasteiger partial charge in [-0.2, -0.15) is 5.26 Å². The smallest absolute Gasteiger partial charge is 0.374 e. The molecule has 0 radical (unpaired) electrons. The summed E-state index contributed by atoms with van der Waals surface area (Å²) in [6.07, 6.45) is 0. The van der Waals surface area contributed by atoms with E-state index in [1.54, 1.807) is 13.8 Å². The highest BCUT2D eigenvalue weighted by Crippen LogP contribution is 2.40. The number of hydrogen-bond donors (Lipinski definition) is 1. The summed E-state index contributed by atoms with van der Waals surface area (Å²) >= 11 is 0. The van der Waals surface area contributed by atoms with Gasteiger partial charge in [-0.25, -0.2) is 14.0 Å². The van der Waals surface area contributed by atoms with E-state index in [-0.39, 0.29) is 30.2 Å². The fraction of sp³-hybridized carbons (Fsp3) is 0.278. The van der Waals surface area contributed by atoms with Crippen LogP contribution in [0.2, 0.25) is 0 Å². The molecule has 0 saturated carbocycles. The van der Waals surface area contributed by atoms with Gasteiger partial charge in [0.2, 0.25) is 11.6 Å². The zero-order valence-corrected chi connectivity index (χ0v) is 14.2. The van der Waals surface area contributed by atoms with Gasteiger partial charge >= 0.3 is 11.9 Å². The van der Waals surface area contributed by atoms with E-state index in [4.69, 9.17) is 19.9 Å². The Morgan fingerprint density at radius 3 is 2.31 bits per heavy atom. The number of rotatable bonds is 5. The lowest BCUT2D eigenvalue weighted by atomic mass is 9.83. The largest absolute Gasteiger partial charge is 0.462 e. The number of nitrogens with zero attached hydrogens (tertiary/aromatic N) is 1. The number of ether oxygens (including phenoxy) is 3. The molecule has 26 heavy (non-hydrogen) atoms. The second-order valence-corrected chi connectivity index (χ2v) is 5.16. The molecule has 1 aromatic rings. The van der Waals surface area contributed by atoms with Crippen molar-refractivity contribution in [2.45, 2.75) is 19.8 Å². The number of benzene rings is 1. The maximum absolute atomic E-state index is 13.3. The molecule has 7 nitrogen and oxygen atoms in total. The molecule has 1 atom stereocenters. The van der Waals surface area contributed by atoms with E-state index in [9.17, 15) is 19.2 Å². The first-order valence-electron chi connectivity index (χ1n) is 7.85. The number of esters is 2. The van der Waals surface area contributed by atoms with Crippen molar-refractivity contribution in [2.75, 3.05) is 13.2 Å². The Morgan fingerprint density at radius 1 is 1.19 bits per heavy atom. The average molecular weight is 360 g/mol. The third-order valence-corrected chi connectivity index (χ3v) is 3.58. The zero-order valence-electron chi connectivity index (χ0n) is 14.2. The van der Waals surface area contributed by atoms with Crippen LogP contribution in [0.15, 0.2) is 47.1 Å². The molecule has 2 rings (SSSR count). The zero-order chi connectivity index (χ0) is 19.3. The molecule has 0 spiro atoms. The SMILES string of the molecule is CCOC(=O)C1=C(C(=O)OCC)C(c2ccc(F)cc2)C(C#N)=C(N)O1. The summed E-state index contributed by atoms with van der Waals surface area (Å²) in [5.74, 6) is -4.10. The molecule has 0 bridgehead atoms. The van der Waals surface area contributed by atoms with Crippen LogP contribution in [0, 0.1) is 17.1 Å². The maximum Gasteiger partial charge on any atom is 0.374 e. The first-order chi connectivity index (χ1) is 12.4. The molecule has 1 aliphatic rings. The highest BCUT2D eigenvalue weighted by Gasteiger charge is 2.40. The minimum Gasteiger partial charge on any atom is -0.462 e. The van der Waals surface area contributed by atoms with Crippen molar-refractivity contribution < 1.29 is 28.2 Å². The highest BCUT2D eigenvalue weighted by atomic mass is 19.1. The van der Waals surface area contributed by atoms with E-state index in [0.717, 1.165) is 0 Å². The Bertz CT molecular complexity index is 821. The van der Waals surface area contributed by atoms with E-state index in [0.29, 0.717) is 5.56 Å². The van der Waals surface area contributed by atoms with Gasteiger partial charge in [0.05, 0.1) is 19.1 Å². The van der Waals surface area contributed by atoms with Crippen LogP contribution in [0.3, 0.4) is 0 Å². The number of hydrogen-bond acceptors (Lipinski definition) is 7. The summed E-state index contributed by atoms with van der Waals surface area (Å²) in [6, 6.07) is 6.99. The third-order valence-electron chi connectivity index (χ3n) is 3.58. The summed E-state index contributed by atoms with van der Waals surface area (Å²) in [5.41, 5.74) is 5.84. The predicted octanol–water partition coefficient (Wildman–Crippen LogP) is 2.01. The van der Waals surface area contributed by atoms with E-state index < -0.39 is 29.4 Å². The Morgan fingerprint density at radius 2 is 1.77 bits per heavy atom. The molecule has 0 saturated heterocycles. The van der Waals surface area contributed by atoms with Gasteiger partial charge in [-0.05, 0) is 31.5 Å². The number of nitrogens with two attached hydrogens (primary N) is 1. The first-order valence-corrected chi connectivity index (χ1v) is 7.85. The molecule has 1 aromatic carbocycles. The number of allylic oxidation sites excluding steroid dienone is 1. The quantitative estimate of drug-likeness (QED) is 0.799. The van der Waals surface area contributed by atoms with Gasteiger partial charge in [0.25, 0.3) is 0 Å². The fourth-order valence-corrected chi connectivity index (χ4v) is 2.51. The summed E-state index contributed by atoms with van der Waals surface area (Å²) in [5, 5.41) is 9.47. The Balaban J connectivity index is 2.70. The summed E-state index contributed by atoms with van der Waals surface area (Å²) < 4.78 is 28.4. The fourth-order valence-electron chi connectivity index (χ4n) is 2.51. The van der Waals surface area contributed by atoms with Crippen LogP contribution in [0.4, 0.5) is 4.39 Å². The molecule has 2 N–H and O–H groups in total. The molecule has 1 heterocycles. The van der Waals surface area contributed by atoms with Crippen LogP contribution in [-0.4, -0.2) is 25.2 Å². The lowest BCUT2D eigenvalue weighted by molar-refractivity contribution is -0.145. The van der Waals surface area contributed by atoms with Crippen LogP contribution in [0.5, 0.6) is 0 Å². The summed E-state index contributed by atoms with van der Waals surface area (Å²) in [7, 11) is 0. The van der Waals surface area contributed by atoms with Crippen molar-refractivity contribution in [3.8, 4) is 6.07 Å². The van der Waals surface area contributed by atoms with Gasteiger partial charge in [0.1, 0.15) is 23.0 Å². The second-order valence-electron chi connectivity index (χ2n) is 5.16. The molecule has 136 valence electrons. The second kappa shape index (κ2) is 8.16. The van der Waals surface area contributed by atoms with Gasteiger partial charge in [0, 0.05) is 0 Å². The van der Waals surface area contributed by atoms with Crippen LogP contribution < -0.4 is 5.73 Å².